The van der Waals surface area contributed by atoms with Crippen LogP contribution >= 0.6 is 0 Å². The number of pyridine rings is 1. The number of rotatable bonds is 2. The Bertz CT molecular complexity index is 645. The molecule has 2 N–H and O–H groups in total. The molecule has 0 fully saturated rings. The predicted octanol–water partition coefficient (Wildman–Crippen LogP) is 2.05. The second-order valence-corrected chi connectivity index (χ2v) is 4.72. The van der Waals surface area contributed by atoms with Crippen LogP contribution in [0.5, 0.6) is 0 Å². The fraction of sp³-hybridized carbons (Fsp3) is 0.200. The molecule has 1 aromatic carbocycles. The summed E-state index contributed by atoms with van der Waals surface area (Å²) in [6.07, 6.45) is 0. The average molecular weight is 271 g/mol. The summed E-state index contributed by atoms with van der Waals surface area (Å²) >= 11 is 0. The highest BCUT2D eigenvalue weighted by molar-refractivity contribution is 5.95. The van der Waals surface area contributed by atoms with Crippen LogP contribution in [0.1, 0.15) is 17.0 Å². The molecule has 5 heteroatoms. The highest BCUT2D eigenvalue weighted by Gasteiger charge is 2.26. The molecule has 3 rings (SSSR count). The van der Waals surface area contributed by atoms with Gasteiger partial charge in [-0.15, -0.1) is 0 Å². The molecule has 4 nitrogen and oxygen atoms in total. The Labute approximate surface area is 116 Å². The van der Waals surface area contributed by atoms with Crippen LogP contribution in [0.15, 0.2) is 42.5 Å². The van der Waals surface area contributed by atoms with Gasteiger partial charge in [0.05, 0.1) is 5.92 Å². The molecule has 0 aliphatic carbocycles. The lowest BCUT2D eigenvalue weighted by Crippen LogP contribution is -2.35. The average Bonchev–Trinajstić information content (AvgIpc) is 2.46. The zero-order valence-corrected chi connectivity index (χ0v) is 10.8. The number of hydrogen-bond acceptors (Lipinski definition) is 3. The summed E-state index contributed by atoms with van der Waals surface area (Å²) in [7, 11) is 0. The van der Waals surface area contributed by atoms with Gasteiger partial charge in [-0.1, -0.05) is 30.3 Å². The molecule has 2 aromatic rings. The SMILES string of the molecule is O=C(Nc1cccc(F)n1)C1CNCc2ccccc21. The molecule has 0 saturated heterocycles. The van der Waals surface area contributed by atoms with E-state index in [0.29, 0.717) is 6.54 Å². The van der Waals surface area contributed by atoms with Crippen LogP contribution in [0.25, 0.3) is 0 Å². The first-order chi connectivity index (χ1) is 9.74. The van der Waals surface area contributed by atoms with Gasteiger partial charge >= 0.3 is 0 Å². The monoisotopic (exact) mass is 271 g/mol. The minimum absolute atomic E-state index is 0.178. The van der Waals surface area contributed by atoms with Gasteiger partial charge in [-0.2, -0.15) is 4.39 Å². The molecule has 0 saturated carbocycles. The van der Waals surface area contributed by atoms with Gasteiger partial charge in [-0.05, 0) is 23.3 Å². The topological polar surface area (TPSA) is 54.0 Å². The second-order valence-electron chi connectivity index (χ2n) is 4.72. The zero-order valence-electron chi connectivity index (χ0n) is 10.8. The van der Waals surface area contributed by atoms with E-state index in [0.717, 1.165) is 17.7 Å². The van der Waals surface area contributed by atoms with Crippen molar-refractivity contribution in [2.75, 3.05) is 11.9 Å². The highest BCUT2D eigenvalue weighted by atomic mass is 19.1. The van der Waals surface area contributed by atoms with Crippen molar-refractivity contribution in [1.29, 1.82) is 0 Å². The van der Waals surface area contributed by atoms with Crippen molar-refractivity contribution in [3.05, 3.63) is 59.5 Å². The van der Waals surface area contributed by atoms with E-state index < -0.39 is 5.95 Å². The predicted molar refractivity (Wildman–Crippen MR) is 73.7 cm³/mol. The van der Waals surface area contributed by atoms with E-state index in [1.165, 1.54) is 12.1 Å². The summed E-state index contributed by atoms with van der Waals surface area (Å²) in [6.45, 7) is 1.33. The molecule has 2 heterocycles. The largest absolute Gasteiger partial charge is 0.312 e. The molecule has 0 bridgehead atoms. The first-order valence-corrected chi connectivity index (χ1v) is 6.46. The lowest BCUT2D eigenvalue weighted by molar-refractivity contribution is -0.117. The van der Waals surface area contributed by atoms with Crippen molar-refractivity contribution in [3.8, 4) is 0 Å². The first-order valence-electron chi connectivity index (χ1n) is 6.46. The van der Waals surface area contributed by atoms with Gasteiger partial charge in [0.15, 0.2) is 0 Å². The maximum Gasteiger partial charge on any atom is 0.234 e. The molecule has 1 aliphatic heterocycles. The van der Waals surface area contributed by atoms with Crippen LogP contribution < -0.4 is 10.6 Å². The van der Waals surface area contributed by atoms with Crippen LogP contribution in [0.2, 0.25) is 0 Å². The van der Waals surface area contributed by atoms with E-state index in [-0.39, 0.29) is 17.6 Å². The fourth-order valence-electron chi connectivity index (χ4n) is 2.42. The summed E-state index contributed by atoms with van der Waals surface area (Å²) < 4.78 is 13.0. The van der Waals surface area contributed by atoms with E-state index in [2.05, 4.69) is 15.6 Å². The number of hydrogen-bond donors (Lipinski definition) is 2. The number of carbonyl (C=O) groups excluding carboxylic acids is 1. The van der Waals surface area contributed by atoms with Crippen molar-refractivity contribution in [1.82, 2.24) is 10.3 Å². The van der Waals surface area contributed by atoms with Gasteiger partial charge in [0.25, 0.3) is 0 Å². The van der Waals surface area contributed by atoms with Crippen LogP contribution in [0, 0.1) is 5.95 Å². The maximum atomic E-state index is 13.0. The summed E-state index contributed by atoms with van der Waals surface area (Å²) in [5.41, 5.74) is 2.13. The fourth-order valence-corrected chi connectivity index (χ4v) is 2.42. The Morgan fingerprint density at radius 2 is 2.10 bits per heavy atom. The molecular weight excluding hydrogens is 257 g/mol. The maximum absolute atomic E-state index is 13.0. The lowest BCUT2D eigenvalue weighted by Gasteiger charge is -2.25. The van der Waals surface area contributed by atoms with Gasteiger partial charge in [0.2, 0.25) is 11.9 Å². The standard InChI is InChI=1S/C15H14FN3O/c16-13-6-3-7-14(18-13)19-15(20)12-9-17-8-10-4-1-2-5-11(10)12/h1-7,12,17H,8-9H2,(H,18,19,20). The molecule has 1 unspecified atom stereocenters. The van der Waals surface area contributed by atoms with Gasteiger partial charge in [-0.25, -0.2) is 4.98 Å². The molecule has 1 atom stereocenters. The zero-order chi connectivity index (χ0) is 13.9. The second kappa shape index (κ2) is 5.38. The molecule has 0 spiro atoms. The quantitative estimate of drug-likeness (QED) is 0.822. The van der Waals surface area contributed by atoms with E-state index >= 15 is 0 Å². The number of nitrogens with one attached hydrogen (secondary N) is 2. The minimum Gasteiger partial charge on any atom is -0.312 e. The molecular formula is C15H14FN3O. The number of fused-ring (bicyclic) bond motifs is 1. The summed E-state index contributed by atoms with van der Waals surface area (Å²) in [5, 5.41) is 5.88. The third-order valence-electron chi connectivity index (χ3n) is 3.38. The molecule has 20 heavy (non-hydrogen) atoms. The number of amides is 1. The van der Waals surface area contributed by atoms with Crippen molar-refractivity contribution in [3.63, 3.8) is 0 Å². The summed E-state index contributed by atoms with van der Waals surface area (Å²) in [4.78, 5) is 16.0. The lowest BCUT2D eigenvalue weighted by atomic mass is 9.90. The minimum atomic E-state index is -0.607. The van der Waals surface area contributed by atoms with Crippen LogP contribution in [0.3, 0.4) is 0 Å². The van der Waals surface area contributed by atoms with Gasteiger partial charge in [-0.3, -0.25) is 4.79 Å². The van der Waals surface area contributed by atoms with Crippen LogP contribution in [0.4, 0.5) is 10.2 Å². The van der Waals surface area contributed by atoms with E-state index in [9.17, 15) is 9.18 Å². The van der Waals surface area contributed by atoms with E-state index in [1.54, 1.807) is 6.07 Å². The third kappa shape index (κ3) is 2.53. The first kappa shape index (κ1) is 12.7. The normalized spacial score (nSPS) is 17.4. The van der Waals surface area contributed by atoms with Gasteiger partial charge in [0.1, 0.15) is 5.82 Å². The molecule has 0 radical (unpaired) electrons. The third-order valence-corrected chi connectivity index (χ3v) is 3.38. The Morgan fingerprint density at radius 3 is 2.95 bits per heavy atom. The van der Waals surface area contributed by atoms with Gasteiger partial charge in [0, 0.05) is 13.1 Å². The van der Waals surface area contributed by atoms with Gasteiger partial charge < -0.3 is 10.6 Å². The smallest absolute Gasteiger partial charge is 0.234 e. The number of carbonyl (C=O) groups is 1. The number of halogens is 1. The number of benzene rings is 1. The Balaban J connectivity index is 1.82. The van der Waals surface area contributed by atoms with Crippen molar-refractivity contribution in [2.45, 2.75) is 12.5 Å². The Kier molecular flexibility index (Phi) is 3.43. The Morgan fingerprint density at radius 1 is 1.25 bits per heavy atom. The van der Waals surface area contributed by atoms with E-state index in [4.69, 9.17) is 0 Å². The molecule has 102 valence electrons. The summed E-state index contributed by atoms with van der Waals surface area (Å²) in [6, 6.07) is 12.2. The van der Waals surface area contributed by atoms with Crippen molar-refractivity contribution < 1.29 is 9.18 Å². The van der Waals surface area contributed by atoms with Crippen molar-refractivity contribution >= 4 is 11.7 Å². The highest BCUT2D eigenvalue weighted by Crippen LogP contribution is 2.24. The number of aromatic nitrogens is 1. The number of anilines is 1. The molecule has 1 aromatic heterocycles. The number of nitrogens with zero attached hydrogens (tertiary/aromatic N) is 1. The summed E-state index contributed by atoms with van der Waals surface area (Å²) in [5.74, 6) is -0.837. The Hall–Kier alpha value is -2.27. The van der Waals surface area contributed by atoms with E-state index in [1.807, 2.05) is 24.3 Å². The van der Waals surface area contributed by atoms with Crippen LogP contribution in [-0.4, -0.2) is 17.4 Å². The van der Waals surface area contributed by atoms with Crippen LogP contribution in [-0.2, 0) is 11.3 Å². The van der Waals surface area contributed by atoms with Crippen molar-refractivity contribution in [2.24, 2.45) is 0 Å². The molecule has 1 amide bonds. The molecule has 1 aliphatic rings.